The van der Waals surface area contributed by atoms with Gasteiger partial charge < -0.3 is 0 Å². The second-order valence-electron chi connectivity index (χ2n) is 15.4. The third-order valence-electron chi connectivity index (χ3n) is 10.6. The van der Waals surface area contributed by atoms with Crippen molar-refractivity contribution in [1.29, 1.82) is 0 Å². The first-order valence-electron chi connectivity index (χ1n) is 21.8. The van der Waals surface area contributed by atoms with E-state index in [4.69, 9.17) is 0 Å². The average molecular weight is 619 g/mol. The fourth-order valence-corrected chi connectivity index (χ4v) is 7.29. The van der Waals surface area contributed by atoms with Crippen LogP contribution in [0.3, 0.4) is 0 Å². The Labute approximate surface area is 282 Å². The second-order valence-corrected chi connectivity index (χ2v) is 15.4. The zero-order valence-electron chi connectivity index (χ0n) is 31.9. The van der Waals surface area contributed by atoms with Gasteiger partial charge in [0.05, 0.1) is 0 Å². The van der Waals surface area contributed by atoms with Crippen molar-refractivity contribution in [2.75, 3.05) is 0 Å². The summed E-state index contributed by atoms with van der Waals surface area (Å²) in [4.78, 5) is 0. The SMILES string of the molecule is CCCCCCCCCCCCCCCCCCCCCC(C)CCCCCCCCCCCCCCCCCCCCC. The van der Waals surface area contributed by atoms with Crippen molar-refractivity contribution in [3.63, 3.8) is 0 Å². The molecule has 0 unspecified atom stereocenters. The lowest BCUT2D eigenvalue weighted by atomic mass is 9.95. The summed E-state index contributed by atoms with van der Waals surface area (Å²) >= 11 is 0. The third kappa shape index (κ3) is 40.0. The van der Waals surface area contributed by atoms with Crippen molar-refractivity contribution in [3.05, 3.63) is 0 Å². The molecule has 0 aromatic carbocycles. The van der Waals surface area contributed by atoms with Gasteiger partial charge in [-0.1, -0.05) is 278 Å². The van der Waals surface area contributed by atoms with Gasteiger partial charge in [0.2, 0.25) is 0 Å². The van der Waals surface area contributed by atoms with Crippen LogP contribution in [0.2, 0.25) is 0 Å². The van der Waals surface area contributed by atoms with Crippen molar-refractivity contribution < 1.29 is 0 Å². The first-order valence-corrected chi connectivity index (χ1v) is 21.8. The van der Waals surface area contributed by atoms with Gasteiger partial charge in [-0.3, -0.25) is 0 Å². The number of hydrogen-bond acceptors (Lipinski definition) is 0. The van der Waals surface area contributed by atoms with Crippen LogP contribution >= 0.6 is 0 Å². The molecule has 0 spiro atoms. The van der Waals surface area contributed by atoms with Crippen LogP contribution in [-0.4, -0.2) is 0 Å². The summed E-state index contributed by atoms with van der Waals surface area (Å²) in [6, 6.07) is 0. The van der Waals surface area contributed by atoms with E-state index in [1.807, 2.05) is 0 Å². The van der Waals surface area contributed by atoms with Crippen molar-refractivity contribution in [1.82, 2.24) is 0 Å². The first kappa shape index (κ1) is 44.0. The molecule has 44 heavy (non-hydrogen) atoms. The molecule has 0 bridgehead atoms. The maximum Gasteiger partial charge on any atom is -0.0443 e. The molecule has 0 heteroatoms. The Morgan fingerprint density at radius 3 is 0.500 bits per heavy atom. The molecule has 0 saturated carbocycles. The maximum absolute atomic E-state index is 2.52. The summed E-state index contributed by atoms with van der Waals surface area (Å²) in [6.45, 7) is 7.14. The molecule has 266 valence electrons. The van der Waals surface area contributed by atoms with E-state index in [2.05, 4.69) is 20.8 Å². The van der Waals surface area contributed by atoms with Crippen LogP contribution in [0.1, 0.15) is 278 Å². The fraction of sp³-hybridized carbons (Fsp3) is 1.00. The van der Waals surface area contributed by atoms with Gasteiger partial charge in [0.1, 0.15) is 0 Å². The van der Waals surface area contributed by atoms with Gasteiger partial charge in [0, 0.05) is 0 Å². The van der Waals surface area contributed by atoms with Crippen LogP contribution < -0.4 is 0 Å². The molecule has 0 N–H and O–H groups in total. The minimum absolute atomic E-state index is 0.964. The average Bonchev–Trinajstić information content (AvgIpc) is 3.03. The zero-order valence-corrected chi connectivity index (χ0v) is 31.9. The molecule has 0 aromatic heterocycles. The summed E-state index contributed by atoms with van der Waals surface area (Å²) in [7, 11) is 0. The van der Waals surface area contributed by atoms with Gasteiger partial charge >= 0.3 is 0 Å². The molecule has 0 aromatic rings. The number of rotatable bonds is 40. The highest BCUT2D eigenvalue weighted by Gasteiger charge is 2.03. The van der Waals surface area contributed by atoms with Crippen molar-refractivity contribution >= 4 is 0 Å². The summed E-state index contributed by atoms with van der Waals surface area (Å²) in [5.74, 6) is 0.964. The molecule has 0 heterocycles. The van der Waals surface area contributed by atoms with E-state index in [0.29, 0.717) is 0 Å². The van der Waals surface area contributed by atoms with E-state index in [0.717, 1.165) is 5.92 Å². The molecule has 0 fully saturated rings. The topological polar surface area (TPSA) is 0 Å². The summed E-state index contributed by atoms with van der Waals surface area (Å²) in [5, 5.41) is 0. The Morgan fingerprint density at radius 2 is 0.341 bits per heavy atom. The minimum atomic E-state index is 0.964. The van der Waals surface area contributed by atoms with Crippen LogP contribution in [-0.2, 0) is 0 Å². The summed E-state index contributed by atoms with van der Waals surface area (Å²) < 4.78 is 0. The highest BCUT2D eigenvalue weighted by Crippen LogP contribution is 2.20. The third-order valence-corrected chi connectivity index (χ3v) is 10.6. The molecular weight excluding hydrogens is 528 g/mol. The molecule has 0 amide bonds. The van der Waals surface area contributed by atoms with Crippen LogP contribution in [0.5, 0.6) is 0 Å². The molecule has 0 saturated heterocycles. The van der Waals surface area contributed by atoms with Gasteiger partial charge in [-0.05, 0) is 5.92 Å². The zero-order chi connectivity index (χ0) is 31.9. The van der Waals surface area contributed by atoms with Gasteiger partial charge in [-0.25, -0.2) is 0 Å². The minimum Gasteiger partial charge on any atom is -0.0654 e. The Bertz CT molecular complexity index is 425. The summed E-state index contributed by atoms with van der Waals surface area (Å²) in [6.07, 6.45) is 59.2. The Hall–Kier alpha value is 0. The molecular formula is C44H90. The van der Waals surface area contributed by atoms with E-state index >= 15 is 0 Å². The van der Waals surface area contributed by atoms with Gasteiger partial charge in [-0.2, -0.15) is 0 Å². The van der Waals surface area contributed by atoms with Crippen molar-refractivity contribution in [3.8, 4) is 0 Å². The highest BCUT2D eigenvalue weighted by molar-refractivity contribution is 4.57. The van der Waals surface area contributed by atoms with E-state index in [1.165, 1.54) is 257 Å². The standard InChI is InChI=1S/C44H90/c1-4-6-8-10-12-14-16-18-20-22-24-26-28-30-32-34-36-38-40-42-44(3)43-41-39-37-35-33-31-29-27-25-23-21-19-17-15-13-11-9-7-5-2/h44H,4-43H2,1-3H3. The van der Waals surface area contributed by atoms with Crippen LogP contribution in [0.25, 0.3) is 0 Å². The lowest BCUT2D eigenvalue weighted by Crippen LogP contribution is -1.95. The normalized spacial score (nSPS) is 11.7. The molecule has 0 aliphatic heterocycles. The Kier molecular flexibility index (Phi) is 41.0. The quantitative estimate of drug-likeness (QED) is 0.0599. The van der Waals surface area contributed by atoms with Crippen molar-refractivity contribution in [2.45, 2.75) is 278 Å². The lowest BCUT2D eigenvalue weighted by molar-refractivity contribution is 0.429. The predicted molar refractivity (Wildman–Crippen MR) is 205 cm³/mol. The Balaban J connectivity index is 3.13. The lowest BCUT2D eigenvalue weighted by Gasteiger charge is -2.11. The largest absolute Gasteiger partial charge is 0.0654 e. The number of unbranched alkanes of at least 4 members (excludes halogenated alkanes) is 36. The van der Waals surface area contributed by atoms with Gasteiger partial charge in [0.15, 0.2) is 0 Å². The predicted octanol–water partition coefficient (Wildman–Crippen LogP) is 17.3. The molecule has 0 radical (unpaired) electrons. The van der Waals surface area contributed by atoms with Gasteiger partial charge in [-0.15, -0.1) is 0 Å². The first-order chi connectivity index (χ1) is 21.8. The maximum atomic E-state index is 2.52. The van der Waals surface area contributed by atoms with Crippen LogP contribution in [0, 0.1) is 5.92 Å². The fourth-order valence-electron chi connectivity index (χ4n) is 7.29. The second kappa shape index (κ2) is 41.0. The Morgan fingerprint density at radius 1 is 0.205 bits per heavy atom. The summed E-state index contributed by atoms with van der Waals surface area (Å²) in [5.41, 5.74) is 0. The van der Waals surface area contributed by atoms with Crippen LogP contribution in [0.15, 0.2) is 0 Å². The van der Waals surface area contributed by atoms with E-state index in [-0.39, 0.29) is 0 Å². The van der Waals surface area contributed by atoms with E-state index in [1.54, 1.807) is 0 Å². The molecule has 0 rings (SSSR count). The molecule has 0 aliphatic rings. The van der Waals surface area contributed by atoms with Crippen LogP contribution in [0.4, 0.5) is 0 Å². The smallest absolute Gasteiger partial charge is 0.0443 e. The van der Waals surface area contributed by atoms with Crippen molar-refractivity contribution in [2.24, 2.45) is 5.92 Å². The highest BCUT2D eigenvalue weighted by atomic mass is 14.1. The van der Waals surface area contributed by atoms with E-state index < -0.39 is 0 Å². The van der Waals surface area contributed by atoms with Gasteiger partial charge in [0.25, 0.3) is 0 Å². The molecule has 0 atom stereocenters. The number of hydrogen-bond donors (Lipinski definition) is 0. The molecule has 0 nitrogen and oxygen atoms in total. The van der Waals surface area contributed by atoms with E-state index in [9.17, 15) is 0 Å². The molecule has 0 aliphatic carbocycles. The monoisotopic (exact) mass is 619 g/mol.